The van der Waals surface area contributed by atoms with Crippen molar-refractivity contribution in [3.63, 3.8) is 0 Å². The Balaban J connectivity index is 2.73. The maximum Gasteiger partial charge on any atom is 0.310 e. The summed E-state index contributed by atoms with van der Waals surface area (Å²) in [5, 5.41) is 0. The van der Waals surface area contributed by atoms with E-state index in [0.29, 0.717) is 19.6 Å². The molecule has 2 atom stereocenters. The molecule has 4 nitrogen and oxygen atoms in total. The van der Waals surface area contributed by atoms with Gasteiger partial charge in [0.15, 0.2) is 0 Å². The van der Waals surface area contributed by atoms with Crippen molar-refractivity contribution in [2.45, 2.75) is 78.6 Å². The Bertz CT molecular complexity index is 347. The van der Waals surface area contributed by atoms with Crippen LogP contribution in [0.3, 0.4) is 0 Å². The number of esters is 2. The summed E-state index contributed by atoms with van der Waals surface area (Å²) in [6, 6.07) is 0. The van der Waals surface area contributed by atoms with Crippen LogP contribution in [0.4, 0.5) is 0 Å². The fourth-order valence-electron chi connectivity index (χ4n) is 3.41. The SMILES string of the molecule is CCCCOC(=O)C(CC)C(C(=O)OCCCC)C1CCCC1. The van der Waals surface area contributed by atoms with Crippen molar-refractivity contribution in [3.8, 4) is 0 Å². The minimum absolute atomic E-state index is 0.190. The third kappa shape index (κ3) is 6.52. The normalized spacial score (nSPS) is 17.7. The second kappa shape index (κ2) is 11.5. The van der Waals surface area contributed by atoms with Gasteiger partial charge in [0, 0.05) is 0 Å². The highest BCUT2D eigenvalue weighted by atomic mass is 16.5. The van der Waals surface area contributed by atoms with Crippen molar-refractivity contribution in [2.75, 3.05) is 13.2 Å². The first-order chi connectivity index (χ1) is 11.2. The van der Waals surface area contributed by atoms with Gasteiger partial charge < -0.3 is 9.47 Å². The van der Waals surface area contributed by atoms with Crippen LogP contribution in [0.15, 0.2) is 0 Å². The zero-order chi connectivity index (χ0) is 17.1. The van der Waals surface area contributed by atoms with Gasteiger partial charge in [-0.1, -0.05) is 46.5 Å². The first kappa shape index (κ1) is 20.0. The third-order valence-electron chi connectivity index (χ3n) is 4.84. The van der Waals surface area contributed by atoms with Gasteiger partial charge in [-0.15, -0.1) is 0 Å². The van der Waals surface area contributed by atoms with Crippen LogP contribution >= 0.6 is 0 Å². The molecule has 1 aliphatic rings. The average Bonchev–Trinajstić information content (AvgIpc) is 3.06. The van der Waals surface area contributed by atoms with Crippen LogP contribution in [-0.4, -0.2) is 25.2 Å². The lowest BCUT2D eigenvalue weighted by molar-refractivity contribution is -0.163. The topological polar surface area (TPSA) is 52.6 Å². The maximum atomic E-state index is 12.6. The molecule has 1 saturated carbocycles. The molecule has 0 amide bonds. The van der Waals surface area contributed by atoms with E-state index in [1.165, 1.54) is 0 Å². The predicted molar refractivity (Wildman–Crippen MR) is 91.0 cm³/mol. The molecule has 0 aromatic rings. The summed E-state index contributed by atoms with van der Waals surface area (Å²) in [7, 11) is 0. The Morgan fingerprint density at radius 2 is 1.43 bits per heavy atom. The van der Waals surface area contributed by atoms with Crippen LogP contribution in [0.2, 0.25) is 0 Å². The summed E-state index contributed by atoms with van der Waals surface area (Å²) in [6.07, 6.45) is 8.70. The van der Waals surface area contributed by atoms with Crippen LogP contribution in [0.1, 0.15) is 78.6 Å². The summed E-state index contributed by atoms with van der Waals surface area (Å²) in [6.45, 7) is 7.01. The van der Waals surface area contributed by atoms with Gasteiger partial charge in [-0.05, 0) is 38.0 Å². The molecule has 4 heteroatoms. The van der Waals surface area contributed by atoms with E-state index in [1.54, 1.807) is 0 Å². The van der Waals surface area contributed by atoms with Crippen LogP contribution in [-0.2, 0) is 19.1 Å². The average molecular weight is 326 g/mol. The molecule has 0 radical (unpaired) electrons. The van der Waals surface area contributed by atoms with Crippen molar-refractivity contribution >= 4 is 11.9 Å². The number of hydrogen-bond donors (Lipinski definition) is 0. The van der Waals surface area contributed by atoms with E-state index in [1.807, 2.05) is 6.92 Å². The Kier molecular flexibility index (Phi) is 9.97. The highest BCUT2D eigenvalue weighted by molar-refractivity contribution is 5.82. The van der Waals surface area contributed by atoms with Crippen LogP contribution in [0.25, 0.3) is 0 Å². The molecule has 23 heavy (non-hydrogen) atoms. The molecule has 2 unspecified atom stereocenters. The zero-order valence-corrected chi connectivity index (χ0v) is 15.1. The van der Waals surface area contributed by atoms with Gasteiger partial charge in [-0.3, -0.25) is 9.59 Å². The second-order valence-electron chi connectivity index (χ2n) is 6.63. The molecule has 1 fully saturated rings. The minimum atomic E-state index is -0.357. The lowest BCUT2D eigenvalue weighted by Crippen LogP contribution is -2.37. The molecule has 0 N–H and O–H groups in total. The monoisotopic (exact) mass is 326 g/mol. The van der Waals surface area contributed by atoms with Gasteiger partial charge >= 0.3 is 11.9 Å². The Morgan fingerprint density at radius 1 is 0.913 bits per heavy atom. The molecular formula is C19H34O4. The molecule has 0 aromatic heterocycles. The van der Waals surface area contributed by atoms with Crippen LogP contribution < -0.4 is 0 Å². The molecule has 1 rings (SSSR count). The molecule has 0 spiro atoms. The molecule has 1 aliphatic carbocycles. The second-order valence-corrected chi connectivity index (χ2v) is 6.63. The largest absolute Gasteiger partial charge is 0.465 e. The summed E-state index contributed by atoms with van der Waals surface area (Å²) >= 11 is 0. The van der Waals surface area contributed by atoms with E-state index >= 15 is 0 Å². The summed E-state index contributed by atoms with van der Waals surface area (Å²) in [5.41, 5.74) is 0. The van der Waals surface area contributed by atoms with Gasteiger partial charge in [-0.2, -0.15) is 0 Å². The molecule has 0 aromatic carbocycles. The Labute approximate surface area is 141 Å². The first-order valence-corrected chi connectivity index (χ1v) is 9.48. The number of unbranched alkanes of at least 4 members (excludes halogenated alkanes) is 2. The van der Waals surface area contributed by atoms with Crippen molar-refractivity contribution in [2.24, 2.45) is 17.8 Å². The summed E-state index contributed by atoms with van der Waals surface area (Å²) in [5.74, 6) is -0.819. The van der Waals surface area contributed by atoms with Crippen molar-refractivity contribution < 1.29 is 19.1 Å². The third-order valence-corrected chi connectivity index (χ3v) is 4.84. The Hall–Kier alpha value is -1.06. The summed E-state index contributed by atoms with van der Waals surface area (Å²) in [4.78, 5) is 25.1. The van der Waals surface area contributed by atoms with Gasteiger partial charge in [0.2, 0.25) is 0 Å². The van der Waals surface area contributed by atoms with Gasteiger partial charge in [0.05, 0.1) is 25.0 Å². The van der Waals surface area contributed by atoms with Crippen molar-refractivity contribution in [3.05, 3.63) is 0 Å². The zero-order valence-electron chi connectivity index (χ0n) is 15.1. The number of ether oxygens (including phenoxy) is 2. The minimum Gasteiger partial charge on any atom is -0.465 e. The Morgan fingerprint density at radius 3 is 1.91 bits per heavy atom. The molecule has 0 aliphatic heterocycles. The number of carbonyl (C=O) groups excluding carboxylic acids is 2. The summed E-state index contributed by atoms with van der Waals surface area (Å²) < 4.78 is 10.9. The molecule has 0 bridgehead atoms. The standard InChI is InChI=1S/C19H34O4/c1-4-7-13-22-18(20)16(6-3)17(15-11-9-10-12-15)19(21)23-14-8-5-2/h15-17H,4-14H2,1-3H3. The van der Waals surface area contributed by atoms with E-state index in [9.17, 15) is 9.59 Å². The lowest BCUT2D eigenvalue weighted by atomic mass is 9.79. The highest BCUT2D eigenvalue weighted by Crippen LogP contribution is 2.37. The quantitative estimate of drug-likeness (QED) is 0.414. The fraction of sp³-hybridized carbons (Fsp3) is 0.895. The van der Waals surface area contributed by atoms with E-state index in [-0.39, 0.29) is 29.7 Å². The van der Waals surface area contributed by atoms with E-state index in [4.69, 9.17) is 9.47 Å². The molecule has 134 valence electrons. The van der Waals surface area contributed by atoms with E-state index < -0.39 is 0 Å². The molecular weight excluding hydrogens is 292 g/mol. The van der Waals surface area contributed by atoms with Crippen molar-refractivity contribution in [1.29, 1.82) is 0 Å². The van der Waals surface area contributed by atoms with Gasteiger partial charge in [0.25, 0.3) is 0 Å². The number of carbonyl (C=O) groups is 2. The number of hydrogen-bond acceptors (Lipinski definition) is 4. The van der Waals surface area contributed by atoms with Crippen LogP contribution in [0, 0.1) is 17.8 Å². The fourth-order valence-corrected chi connectivity index (χ4v) is 3.41. The highest BCUT2D eigenvalue weighted by Gasteiger charge is 2.41. The van der Waals surface area contributed by atoms with Crippen molar-refractivity contribution in [1.82, 2.24) is 0 Å². The van der Waals surface area contributed by atoms with E-state index in [2.05, 4.69) is 13.8 Å². The number of rotatable bonds is 11. The van der Waals surface area contributed by atoms with Gasteiger partial charge in [0.1, 0.15) is 0 Å². The lowest BCUT2D eigenvalue weighted by Gasteiger charge is -2.28. The molecule has 0 heterocycles. The van der Waals surface area contributed by atoms with E-state index in [0.717, 1.165) is 51.4 Å². The first-order valence-electron chi connectivity index (χ1n) is 9.48. The smallest absolute Gasteiger partial charge is 0.310 e. The maximum absolute atomic E-state index is 12.6. The van der Waals surface area contributed by atoms with Crippen LogP contribution in [0.5, 0.6) is 0 Å². The molecule has 0 saturated heterocycles. The predicted octanol–water partition coefficient (Wildman–Crippen LogP) is 4.51. The van der Waals surface area contributed by atoms with Gasteiger partial charge in [-0.25, -0.2) is 0 Å².